The van der Waals surface area contributed by atoms with Crippen molar-refractivity contribution in [3.8, 4) is 5.75 Å². The maximum absolute atomic E-state index is 13.1. The lowest BCUT2D eigenvalue weighted by molar-refractivity contribution is -0.149. The van der Waals surface area contributed by atoms with Crippen LogP contribution >= 0.6 is 0 Å². The molecule has 0 aliphatic carbocycles. The van der Waals surface area contributed by atoms with Gasteiger partial charge in [-0.3, -0.25) is 19.3 Å². The molecule has 176 valence electrons. The predicted octanol–water partition coefficient (Wildman–Crippen LogP) is 1.37. The molecule has 1 aromatic carbocycles. The largest absolute Gasteiger partial charge is 0.497 e. The summed E-state index contributed by atoms with van der Waals surface area (Å²) in [7, 11) is 1.58. The van der Waals surface area contributed by atoms with Crippen LogP contribution < -0.4 is 10.1 Å². The van der Waals surface area contributed by atoms with Crippen molar-refractivity contribution in [1.82, 2.24) is 20.0 Å². The molecule has 3 unspecified atom stereocenters. The highest BCUT2D eigenvalue weighted by atomic mass is 16.5. The fourth-order valence-electron chi connectivity index (χ4n) is 5.90. The summed E-state index contributed by atoms with van der Waals surface area (Å²) < 4.78 is 5.14. The molecule has 5 rings (SSSR count). The van der Waals surface area contributed by atoms with Gasteiger partial charge in [0.2, 0.25) is 11.8 Å². The van der Waals surface area contributed by atoms with Gasteiger partial charge in [-0.05, 0) is 48.8 Å². The summed E-state index contributed by atoms with van der Waals surface area (Å²) in [4.78, 5) is 55.8. The van der Waals surface area contributed by atoms with Gasteiger partial charge in [0, 0.05) is 32.1 Å². The molecule has 33 heavy (non-hydrogen) atoms. The number of nitrogens with one attached hydrogen (secondary N) is 1. The van der Waals surface area contributed by atoms with Crippen LogP contribution in [-0.4, -0.2) is 77.3 Å². The number of benzene rings is 1. The summed E-state index contributed by atoms with van der Waals surface area (Å²) in [6, 6.07) is 6.10. The molecule has 4 saturated heterocycles. The molecule has 0 aromatic heterocycles. The van der Waals surface area contributed by atoms with Gasteiger partial charge in [-0.1, -0.05) is 12.1 Å². The van der Waals surface area contributed by atoms with E-state index >= 15 is 0 Å². The zero-order valence-electron chi connectivity index (χ0n) is 18.9. The third kappa shape index (κ3) is 4.16. The van der Waals surface area contributed by atoms with Crippen LogP contribution in [0.15, 0.2) is 24.3 Å². The second-order valence-corrected chi connectivity index (χ2v) is 9.64. The maximum Gasteiger partial charge on any atom is 0.325 e. The highest BCUT2D eigenvalue weighted by molar-refractivity contribution is 6.05. The van der Waals surface area contributed by atoms with E-state index in [1.165, 1.54) is 0 Å². The minimum absolute atomic E-state index is 0.0313. The van der Waals surface area contributed by atoms with Crippen molar-refractivity contribution < 1.29 is 23.9 Å². The van der Waals surface area contributed by atoms with Crippen molar-refractivity contribution in [2.75, 3.05) is 26.7 Å². The van der Waals surface area contributed by atoms with Crippen LogP contribution in [0.5, 0.6) is 5.75 Å². The molecule has 4 aliphatic heterocycles. The van der Waals surface area contributed by atoms with Crippen LogP contribution in [0, 0.1) is 11.8 Å². The Morgan fingerprint density at radius 1 is 1.12 bits per heavy atom. The maximum atomic E-state index is 13.1. The van der Waals surface area contributed by atoms with Crippen molar-refractivity contribution in [2.24, 2.45) is 11.8 Å². The highest BCUT2D eigenvalue weighted by Gasteiger charge is 2.46. The number of carbonyl (C=O) groups excluding carboxylic acids is 4. The van der Waals surface area contributed by atoms with E-state index in [4.69, 9.17) is 4.74 Å². The monoisotopic (exact) mass is 454 g/mol. The Labute approximate surface area is 193 Å². The summed E-state index contributed by atoms with van der Waals surface area (Å²) >= 11 is 0. The van der Waals surface area contributed by atoms with Crippen LogP contribution in [0.2, 0.25) is 0 Å². The number of carbonyl (C=O) groups is 4. The first-order valence-electron chi connectivity index (χ1n) is 11.7. The Morgan fingerprint density at radius 3 is 2.67 bits per heavy atom. The van der Waals surface area contributed by atoms with E-state index in [2.05, 4.69) is 5.32 Å². The molecule has 4 atom stereocenters. The quantitative estimate of drug-likeness (QED) is 0.678. The molecule has 4 fully saturated rings. The van der Waals surface area contributed by atoms with Crippen LogP contribution in [0.3, 0.4) is 0 Å². The van der Waals surface area contributed by atoms with Gasteiger partial charge in [0.15, 0.2) is 0 Å². The Bertz CT molecular complexity index is 964. The lowest BCUT2D eigenvalue weighted by Crippen LogP contribution is -2.61. The first kappa shape index (κ1) is 21.7. The smallest absolute Gasteiger partial charge is 0.325 e. The van der Waals surface area contributed by atoms with Gasteiger partial charge in [0.25, 0.3) is 5.91 Å². The number of nitrogens with zero attached hydrogens (tertiary/aromatic N) is 3. The number of piperidine rings is 3. The Balaban J connectivity index is 1.20. The van der Waals surface area contributed by atoms with Crippen molar-refractivity contribution >= 4 is 23.8 Å². The van der Waals surface area contributed by atoms with E-state index in [-0.39, 0.29) is 42.6 Å². The Kier molecular flexibility index (Phi) is 5.72. The molecule has 1 aromatic rings. The molecule has 9 nitrogen and oxygen atoms in total. The van der Waals surface area contributed by atoms with E-state index < -0.39 is 12.1 Å². The van der Waals surface area contributed by atoms with Crippen LogP contribution in [0.1, 0.15) is 37.7 Å². The van der Waals surface area contributed by atoms with E-state index in [9.17, 15) is 19.2 Å². The fraction of sp³-hybridized carbons (Fsp3) is 0.583. The van der Waals surface area contributed by atoms with Gasteiger partial charge in [0.1, 0.15) is 11.8 Å². The van der Waals surface area contributed by atoms with Crippen molar-refractivity contribution in [2.45, 2.75) is 50.7 Å². The fourth-order valence-corrected chi connectivity index (χ4v) is 5.90. The highest BCUT2D eigenvalue weighted by Crippen LogP contribution is 2.38. The summed E-state index contributed by atoms with van der Waals surface area (Å²) in [5, 5.41) is 2.68. The zero-order chi connectivity index (χ0) is 23.1. The molecule has 0 spiro atoms. The van der Waals surface area contributed by atoms with Gasteiger partial charge in [-0.15, -0.1) is 0 Å². The Morgan fingerprint density at radius 2 is 1.91 bits per heavy atom. The van der Waals surface area contributed by atoms with E-state index in [0.29, 0.717) is 31.2 Å². The number of hydrogen-bond acceptors (Lipinski definition) is 5. The minimum atomic E-state index is -0.835. The van der Waals surface area contributed by atoms with Gasteiger partial charge in [0.05, 0.1) is 20.1 Å². The third-order valence-corrected chi connectivity index (χ3v) is 7.52. The number of ether oxygens (including phenoxy) is 1. The van der Waals surface area contributed by atoms with Gasteiger partial charge >= 0.3 is 6.03 Å². The molecule has 0 saturated carbocycles. The number of urea groups is 1. The molecular weight excluding hydrogens is 424 g/mol. The van der Waals surface area contributed by atoms with Crippen LogP contribution in [0.25, 0.3) is 0 Å². The average Bonchev–Trinajstić information content (AvgIpc) is 3.07. The molecule has 0 radical (unpaired) electrons. The third-order valence-electron chi connectivity index (χ3n) is 7.52. The van der Waals surface area contributed by atoms with Crippen LogP contribution in [0.4, 0.5) is 4.79 Å². The molecule has 4 aliphatic rings. The number of likely N-dealkylation sites (tertiary alicyclic amines) is 1. The average molecular weight is 455 g/mol. The molecule has 1 N–H and O–H groups in total. The zero-order valence-corrected chi connectivity index (χ0v) is 18.9. The second kappa shape index (κ2) is 8.68. The topological polar surface area (TPSA) is 99.3 Å². The lowest BCUT2D eigenvalue weighted by Gasteiger charge is -2.52. The number of methoxy groups -OCH3 is 1. The molecule has 5 amide bonds. The summed E-state index contributed by atoms with van der Waals surface area (Å²) in [5.74, 6) is 1.05. The standard InChI is InChI=1S/C24H30N4O5/c1-33-18-7-5-15(6-8-18)12-28-23(31)19(25-24(28)32)10-22(30)26-11-16-9-17(14-26)20-3-2-4-21(29)27(20)13-16/h5-8,16-17,19-20H,2-4,9-14H2,1H3,(H,25,32)/t16?,17?,19-,20?/m0/s1. The summed E-state index contributed by atoms with van der Waals surface area (Å²) in [5.41, 5.74) is 0.807. The van der Waals surface area contributed by atoms with E-state index in [0.717, 1.165) is 36.3 Å². The van der Waals surface area contributed by atoms with Crippen molar-refractivity contribution in [3.05, 3.63) is 29.8 Å². The number of amides is 5. The second-order valence-electron chi connectivity index (χ2n) is 9.64. The molecule has 9 heteroatoms. The SMILES string of the molecule is COc1ccc(CN2C(=O)N[C@@H](CC(=O)N3CC4CC(C3)C3CCCC(=O)N3C4)C2=O)cc1. The van der Waals surface area contributed by atoms with Crippen molar-refractivity contribution in [3.63, 3.8) is 0 Å². The summed E-state index contributed by atoms with van der Waals surface area (Å²) in [6.07, 6.45) is 3.57. The molecule has 2 bridgehead atoms. The van der Waals surface area contributed by atoms with Crippen molar-refractivity contribution in [1.29, 1.82) is 0 Å². The first-order valence-corrected chi connectivity index (χ1v) is 11.7. The number of fused-ring (bicyclic) bond motifs is 4. The number of hydrogen-bond donors (Lipinski definition) is 1. The predicted molar refractivity (Wildman–Crippen MR) is 118 cm³/mol. The lowest BCUT2D eigenvalue weighted by atomic mass is 9.76. The summed E-state index contributed by atoms with van der Waals surface area (Å²) in [6.45, 7) is 2.10. The minimum Gasteiger partial charge on any atom is -0.497 e. The van der Waals surface area contributed by atoms with E-state index in [1.54, 1.807) is 19.2 Å². The van der Waals surface area contributed by atoms with E-state index in [1.807, 2.05) is 21.9 Å². The normalized spacial score (nSPS) is 29.1. The van der Waals surface area contributed by atoms with Gasteiger partial charge < -0.3 is 19.9 Å². The molecule has 4 heterocycles. The molecular formula is C24H30N4O5. The van der Waals surface area contributed by atoms with Gasteiger partial charge in [-0.2, -0.15) is 0 Å². The number of rotatable bonds is 5. The number of imide groups is 1. The Hall–Kier alpha value is -3.10. The van der Waals surface area contributed by atoms with Gasteiger partial charge in [-0.25, -0.2) is 4.79 Å². The first-order chi connectivity index (χ1) is 15.9. The van der Waals surface area contributed by atoms with Crippen LogP contribution in [-0.2, 0) is 20.9 Å².